The fourth-order valence-electron chi connectivity index (χ4n) is 5.83. The standard InChI is InChI=1S/C39H27N3O/c1-4-12-26(13-5-1)27-20-22-30(23-21-27)38-40-37(29-16-8-3-9-17-29)41-39(42-38)33-25-24-31(28-14-6-2-7-15-28)36-35(33)32-18-10-11-19-34(32)43-36/h1-25,38H,(H,40,41,42). The SMILES string of the molecule is c1ccc(C2=NC(c3ccc(-c4ccccc4)c4oc5ccccc5c34)=NC(c3ccc(-c4ccccc4)cc3)N2)cc1. The molecule has 4 heteroatoms. The summed E-state index contributed by atoms with van der Waals surface area (Å²) < 4.78 is 6.53. The summed E-state index contributed by atoms with van der Waals surface area (Å²) in [6.45, 7) is 0. The van der Waals surface area contributed by atoms with Crippen molar-refractivity contribution in [2.24, 2.45) is 9.98 Å². The van der Waals surface area contributed by atoms with Crippen molar-refractivity contribution in [1.82, 2.24) is 5.32 Å². The first-order valence-corrected chi connectivity index (χ1v) is 14.5. The quantitative estimate of drug-likeness (QED) is 0.231. The molecule has 7 aromatic rings. The van der Waals surface area contributed by atoms with Gasteiger partial charge in [0.15, 0.2) is 5.84 Å². The summed E-state index contributed by atoms with van der Waals surface area (Å²) in [6.07, 6.45) is -0.311. The van der Waals surface area contributed by atoms with E-state index in [1.165, 1.54) is 11.1 Å². The molecule has 0 spiro atoms. The van der Waals surface area contributed by atoms with E-state index in [1.807, 2.05) is 42.5 Å². The van der Waals surface area contributed by atoms with Gasteiger partial charge in [0.25, 0.3) is 0 Å². The van der Waals surface area contributed by atoms with Crippen molar-refractivity contribution in [3.8, 4) is 22.3 Å². The summed E-state index contributed by atoms with van der Waals surface area (Å²) in [5, 5.41) is 5.67. The largest absolute Gasteiger partial charge is 0.455 e. The molecule has 8 rings (SSSR count). The van der Waals surface area contributed by atoms with E-state index in [0.717, 1.165) is 55.6 Å². The lowest BCUT2D eigenvalue weighted by molar-refractivity contribution is 0.669. The molecule has 1 N–H and O–H groups in total. The maximum absolute atomic E-state index is 6.53. The van der Waals surface area contributed by atoms with Gasteiger partial charge < -0.3 is 9.73 Å². The van der Waals surface area contributed by atoms with Gasteiger partial charge in [0.2, 0.25) is 0 Å². The van der Waals surface area contributed by atoms with E-state index in [-0.39, 0.29) is 6.17 Å². The van der Waals surface area contributed by atoms with Crippen LogP contribution in [0.1, 0.15) is 22.9 Å². The lowest BCUT2D eigenvalue weighted by Crippen LogP contribution is -2.33. The molecular formula is C39H27N3O. The second kappa shape index (κ2) is 10.6. The number of aliphatic imine (C=N–C) groups is 2. The number of fused-ring (bicyclic) bond motifs is 3. The zero-order chi connectivity index (χ0) is 28.6. The van der Waals surface area contributed by atoms with Crippen molar-refractivity contribution >= 4 is 33.6 Å². The molecule has 0 fully saturated rings. The Kier molecular flexibility index (Phi) is 6.16. The predicted molar refractivity (Wildman–Crippen MR) is 176 cm³/mol. The van der Waals surface area contributed by atoms with E-state index in [0.29, 0.717) is 5.84 Å². The van der Waals surface area contributed by atoms with Crippen LogP contribution >= 0.6 is 0 Å². The van der Waals surface area contributed by atoms with Crippen LogP contribution in [0.25, 0.3) is 44.2 Å². The Morgan fingerprint density at radius 3 is 1.81 bits per heavy atom. The van der Waals surface area contributed by atoms with Crippen LogP contribution < -0.4 is 5.32 Å². The van der Waals surface area contributed by atoms with Gasteiger partial charge in [0.1, 0.15) is 23.2 Å². The maximum Gasteiger partial charge on any atom is 0.160 e. The first kappa shape index (κ1) is 25.0. The molecule has 0 aliphatic carbocycles. The summed E-state index contributed by atoms with van der Waals surface area (Å²) >= 11 is 0. The molecule has 1 unspecified atom stereocenters. The van der Waals surface area contributed by atoms with Gasteiger partial charge in [-0.15, -0.1) is 0 Å². The fraction of sp³-hybridized carbons (Fsp3) is 0.0256. The van der Waals surface area contributed by atoms with Crippen LogP contribution in [0.15, 0.2) is 166 Å². The monoisotopic (exact) mass is 553 g/mol. The molecule has 0 saturated heterocycles. The van der Waals surface area contributed by atoms with Crippen LogP contribution in [0.2, 0.25) is 0 Å². The molecule has 1 aliphatic rings. The van der Waals surface area contributed by atoms with Crippen LogP contribution in [0.4, 0.5) is 0 Å². The molecule has 1 aromatic heterocycles. The molecule has 1 atom stereocenters. The number of nitrogens with zero attached hydrogens (tertiary/aromatic N) is 2. The van der Waals surface area contributed by atoms with Crippen molar-refractivity contribution in [2.45, 2.75) is 6.17 Å². The van der Waals surface area contributed by atoms with E-state index in [1.54, 1.807) is 0 Å². The van der Waals surface area contributed by atoms with E-state index in [2.05, 4.69) is 115 Å². The lowest BCUT2D eigenvalue weighted by Gasteiger charge is -2.24. The van der Waals surface area contributed by atoms with E-state index in [4.69, 9.17) is 14.4 Å². The Morgan fingerprint density at radius 2 is 1.09 bits per heavy atom. The molecule has 204 valence electrons. The third-order valence-electron chi connectivity index (χ3n) is 7.98. The topological polar surface area (TPSA) is 49.9 Å². The van der Waals surface area contributed by atoms with E-state index >= 15 is 0 Å². The minimum atomic E-state index is -0.311. The average Bonchev–Trinajstić information content (AvgIpc) is 3.49. The normalized spacial score (nSPS) is 14.7. The molecule has 0 saturated carbocycles. The van der Waals surface area contributed by atoms with Gasteiger partial charge in [0.05, 0.1) is 0 Å². The second-order valence-electron chi connectivity index (χ2n) is 10.6. The van der Waals surface area contributed by atoms with Gasteiger partial charge >= 0.3 is 0 Å². The third kappa shape index (κ3) is 4.59. The molecule has 0 bridgehead atoms. The third-order valence-corrected chi connectivity index (χ3v) is 7.98. The van der Waals surface area contributed by atoms with Gasteiger partial charge in [-0.25, -0.2) is 9.98 Å². The first-order valence-electron chi connectivity index (χ1n) is 14.5. The number of benzene rings is 6. The number of nitrogens with one attached hydrogen (secondary N) is 1. The summed E-state index contributed by atoms with van der Waals surface area (Å²) in [4.78, 5) is 10.3. The van der Waals surface area contributed by atoms with Crippen LogP contribution in [0.5, 0.6) is 0 Å². The highest BCUT2D eigenvalue weighted by atomic mass is 16.3. The fourth-order valence-corrected chi connectivity index (χ4v) is 5.83. The van der Waals surface area contributed by atoms with Crippen LogP contribution in [0, 0.1) is 0 Å². The predicted octanol–water partition coefficient (Wildman–Crippen LogP) is 9.42. The average molecular weight is 554 g/mol. The highest BCUT2D eigenvalue weighted by Gasteiger charge is 2.24. The van der Waals surface area contributed by atoms with Gasteiger partial charge in [0, 0.05) is 27.5 Å². The van der Waals surface area contributed by atoms with Gasteiger partial charge in [-0.1, -0.05) is 133 Å². The Labute approximate surface area is 249 Å². The number of hydrogen-bond donors (Lipinski definition) is 1. The molecule has 43 heavy (non-hydrogen) atoms. The summed E-state index contributed by atoms with van der Waals surface area (Å²) in [7, 11) is 0. The van der Waals surface area contributed by atoms with Crippen LogP contribution in [-0.2, 0) is 0 Å². The van der Waals surface area contributed by atoms with Gasteiger partial charge in [-0.3, -0.25) is 0 Å². The van der Waals surface area contributed by atoms with Crippen molar-refractivity contribution < 1.29 is 4.42 Å². The number of para-hydroxylation sites is 1. The smallest absolute Gasteiger partial charge is 0.160 e. The molecule has 6 aromatic carbocycles. The zero-order valence-electron chi connectivity index (χ0n) is 23.3. The highest BCUT2D eigenvalue weighted by molar-refractivity contribution is 6.23. The highest BCUT2D eigenvalue weighted by Crippen LogP contribution is 2.39. The summed E-state index contributed by atoms with van der Waals surface area (Å²) in [5.74, 6) is 1.46. The van der Waals surface area contributed by atoms with Crippen molar-refractivity contribution in [3.05, 3.63) is 168 Å². The summed E-state index contributed by atoms with van der Waals surface area (Å²) in [5.41, 5.74) is 9.22. The van der Waals surface area contributed by atoms with Crippen LogP contribution in [-0.4, -0.2) is 11.7 Å². The molecule has 1 aliphatic heterocycles. The Balaban J connectivity index is 1.30. The second-order valence-corrected chi connectivity index (χ2v) is 10.6. The van der Waals surface area contributed by atoms with Gasteiger partial charge in [-0.05, 0) is 40.5 Å². The van der Waals surface area contributed by atoms with Crippen molar-refractivity contribution in [2.75, 3.05) is 0 Å². The number of hydrogen-bond acceptors (Lipinski definition) is 4. The first-order chi connectivity index (χ1) is 21.3. The van der Waals surface area contributed by atoms with Crippen molar-refractivity contribution in [3.63, 3.8) is 0 Å². The molecule has 0 amide bonds. The Hall–Kier alpha value is -5.74. The van der Waals surface area contributed by atoms with Crippen LogP contribution in [0.3, 0.4) is 0 Å². The minimum absolute atomic E-state index is 0.311. The molecule has 0 radical (unpaired) electrons. The lowest BCUT2D eigenvalue weighted by atomic mass is 9.97. The Bertz CT molecular complexity index is 2130. The summed E-state index contributed by atoms with van der Waals surface area (Å²) in [6, 6.07) is 52.1. The van der Waals surface area contributed by atoms with Crippen molar-refractivity contribution in [1.29, 1.82) is 0 Å². The molecule has 2 heterocycles. The minimum Gasteiger partial charge on any atom is -0.455 e. The maximum atomic E-state index is 6.53. The molecular weight excluding hydrogens is 526 g/mol. The van der Waals surface area contributed by atoms with E-state index in [9.17, 15) is 0 Å². The molecule has 4 nitrogen and oxygen atoms in total. The number of furan rings is 1. The zero-order valence-corrected chi connectivity index (χ0v) is 23.3. The van der Waals surface area contributed by atoms with Gasteiger partial charge in [-0.2, -0.15) is 0 Å². The van der Waals surface area contributed by atoms with E-state index < -0.39 is 0 Å². The number of rotatable bonds is 5. The Morgan fingerprint density at radius 1 is 0.512 bits per heavy atom. The number of amidine groups is 2.